The smallest absolute Gasteiger partial charge is 0.00699 e. The largest absolute Gasteiger partial charge is 0.314 e. The molecular weight excluding hydrogens is 220 g/mol. The van der Waals surface area contributed by atoms with Gasteiger partial charge < -0.3 is 10.2 Å². The fourth-order valence-electron chi connectivity index (χ4n) is 3.56. The molecule has 0 spiro atoms. The highest BCUT2D eigenvalue weighted by Crippen LogP contribution is 2.29. The number of nitrogens with one attached hydrogen (secondary N) is 1. The van der Waals surface area contributed by atoms with Gasteiger partial charge in [-0.05, 0) is 70.4 Å². The van der Waals surface area contributed by atoms with Crippen LogP contribution in [0.2, 0.25) is 0 Å². The molecule has 4 unspecified atom stereocenters. The molecule has 2 rings (SSSR count). The Hall–Kier alpha value is -0.0800. The van der Waals surface area contributed by atoms with Crippen LogP contribution in [0, 0.1) is 17.8 Å². The lowest BCUT2D eigenvalue weighted by atomic mass is 9.79. The molecule has 0 amide bonds. The molecule has 18 heavy (non-hydrogen) atoms. The van der Waals surface area contributed by atoms with Gasteiger partial charge >= 0.3 is 0 Å². The number of nitrogens with zero attached hydrogens (tertiary/aromatic N) is 1. The Balaban J connectivity index is 1.67. The molecule has 2 fully saturated rings. The van der Waals surface area contributed by atoms with Crippen LogP contribution in [0.1, 0.15) is 53.4 Å². The van der Waals surface area contributed by atoms with Crippen LogP contribution in [0.25, 0.3) is 0 Å². The topological polar surface area (TPSA) is 15.3 Å². The van der Waals surface area contributed by atoms with E-state index in [1.807, 2.05) is 0 Å². The standard InChI is InChI=1S/C16H32N2/c1-12(2)18-8-7-15(11-18)10-17-16-6-5-13(3)14(4)9-16/h12-17H,5-11H2,1-4H3. The van der Waals surface area contributed by atoms with Crippen molar-refractivity contribution in [1.82, 2.24) is 10.2 Å². The summed E-state index contributed by atoms with van der Waals surface area (Å²) in [6.45, 7) is 13.3. The van der Waals surface area contributed by atoms with Crippen molar-refractivity contribution in [3.05, 3.63) is 0 Å². The van der Waals surface area contributed by atoms with E-state index in [1.165, 1.54) is 45.3 Å². The van der Waals surface area contributed by atoms with Gasteiger partial charge in [-0.2, -0.15) is 0 Å². The summed E-state index contributed by atoms with van der Waals surface area (Å²) in [5, 5.41) is 3.85. The normalized spacial score (nSPS) is 38.5. The molecule has 1 heterocycles. The first-order chi connectivity index (χ1) is 8.56. The van der Waals surface area contributed by atoms with Gasteiger partial charge in [0.15, 0.2) is 0 Å². The van der Waals surface area contributed by atoms with Crippen molar-refractivity contribution in [2.75, 3.05) is 19.6 Å². The summed E-state index contributed by atoms with van der Waals surface area (Å²) in [7, 11) is 0. The lowest BCUT2D eigenvalue weighted by Crippen LogP contribution is -2.39. The third-order valence-corrected chi connectivity index (χ3v) is 5.34. The monoisotopic (exact) mass is 252 g/mol. The lowest BCUT2D eigenvalue weighted by Gasteiger charge is -2.33. The molecule has 1 saturated carbocycles. The van der Waals surface area contributed by atoms with Crippen LogP contribution in [0.15, 0.2) is 0 Å². The molecule has 2 aliphatic rings. The highest BCUT2D eigenvalue weighted by atomic mass is 15.2. The van der Waals surface area contributed by atoms with Gasteiger partial charge in [-0.3, -0.25) is 0 Å². The molecule has 0 aromatic rings. The van der Waals surface area contributed by atoms with Gasteiger partial charge in [0, 0.05) is 18.6 Å². The van der Waals surface area contributed by atoms with Crippen molar-refractivity contribution in [1.29, 1.82) is 0 Å². The van der Waals surface area contributed by atoms with Crippen molar-refractivity contribution in [2.24, 2.45) is 17.8 Å². The Labute approximate surface area is 114 Å². The predicted molar refractivity (Wildman–Crippen MR) is 78.8 cm³/mol. The molecule has 1 aliphatic carbocycles. The predicted octanol–water partition coefficient (Wildman–Crippen LogP) is 3.13. The third kappa shape index (κ3) is 3.71. The zero-order valence-electron chi connectivity index (χ0n) is 12.8. The number of rotatable bonds is 4. The Kier molecular flexibility index (Phi) is 5.08. The van der Waals surface area contributed by atoms with Crippen molar-refractivity contribution < 1.29 is 0 Å². The second kappa shape index (κ2) is 6.38. The average Bonchev–Trinajstić information content (AvgIpc) is 2.79. The molecule has 4 atom stereocenters. The molecule has 106 valence electrons. The summed E-state index contributed by atoms with van der Waals surface area (Å²) in [4.78, 5) is 2.62. The maximum atomic E-state index is 3.85. The highest BCUT2D eigenvalue weighted by molar-refractivity contribution is 4.83. The molecule has 2 heteroatoms. The van der Waals surface area contributed by atoms with Gasteiger partial charge in [-0.1, -0.05) is 13.8 Å². The second-order valence-corrected chi connectivity index (χ2v) is 7.12. The quantitative estimate of drug-likeness (QED) is 0.827. The molecular formula is C16H32N2. The molecule has 0 bridgehead atoms. The molecule has 0 aromatic heterocycles. The van der Waals surface area contributed by atoms with Crippen molar-refractivity contribution in [2.45, 2.75) is 65.5 Å². The average molecular weight is 252 g/mol. The summed E-state index contributed by atoms with van der Waals surface area (Å²) in [6.07, 6.45) is 5.60. The van der Waals surface area contributed by atoms with Crippen LogP contribution in [0.3, 0.4) is 0 Å². The molecule has 0 radical (unpaired) electrons. The van der Waals surface area contributed by atoms with Crippen molar-refractivity contribution in [3.8, 4) is 0 Å². The number of hydrogen-bond acceptors (Lipinski definition) is 2. The van der Waals surface area contributed by atoms with Gasteiger partial charge in [0.05, 0.1) is 0 Å². The van der Waals surface area contributed by atoms with Gasteiger partial charge in [-0.15, -0.1) is 0 Å². The number of likely N-dealkylation sites (tertiary alicyclic amines) is 1. The lowest BCUT2D eigenvalue weighted by molar-refractivity contribution is 0.218. The Morgan fingerprint density at radius 1 is 1.11 bits per heavy atom. The van der Waals surface area contributed by atoms with E-state index in [1.54, 1.807) is 0 Å². The van der Waals surface area contributed by atoms with Gasteiger partial charge in [0.2, 0.25) is 0 Å². The van der Waals surface area contributed by atoms with E-state index in [0.717, 1.165) is 29.8 Å². The van der Waals surface area contributed by atoms with Crippen LogP contribution in [0.5, 0.6) is 0 Å². The molecule has 1 N–H and O–H groups in total. The van der Waals surface area contributed by atoms with E-state index < -0.39 is 0 Å². The van der Waals surface area contributed by atoms with Gasteiger partial charge in [-0.25, -0.2) is 0 Å². The zero-order valence-corrected chi connectivity index (χ0v) is 12.8. The summed E-state index contributed by atoms with van der Waals surface area (Å²) in [5.74, 6) is 2.74. The summed E-state index contributed by atoms with van der Waals surface area (Å²) >= 11 is 0. The number of hydrogen-bond donors (Lipinski definition) is 1. The first kappa shape index (κ1) is 14.3. The van der Waals surface area contributed by atoms with E-state index in [0.29, 0.717) is 0 Å². The third-order valence-electron chi connectivity index (χ3n) is 5.34. The summed E-state index contributed by atoms with van der Waals surface area (Å²) in [6, 6.07) is 1.52. The van der Waals surface area contributed by atoms with Crippen LogP contribution >= 0.6 is 0 Å². The van der Waals surface area contributed by atoms with E-state index in [9.17, 15) is 0 Å². The van der Waals surface area contributed by atoms with Gasteiger partial charge in [0.25, 0.3) is 0 Å². The van der Waals surface area contributed by atoms with Crippen LogP contribution in [0.4, 0.5) is 0 Å². The SMILES string of the molecule is CC1CCC(NCC2CCN(C(C)C)C2)CC1C. The zero-order chi connectivity index (χ0) is 13.1. The maximum absolute atomic E-state index is 3.85. The minimum absolute atomic E-state index is 0.727. The van der Waals surface area contributed by atoms with E-state index in [2.05, 4.69) is 37.9 Å². The van der Waals surface area contributed by atoms with Crippen LogP contribution in [-0.4, -0.2) is 36.6 Å². The van der Waals surface area contributed by atoms with Gasteiger partial charge in [0.1, 0.15) is 0 Å². The maximum Gasteiger partial charge on any atom is 0.00699 e. The minimum atomic E-state index is 0.727. The minimum Gasteiger partial charge on any atom is -0.314 e. The van der Waals surface area contributed by atoms with Crippen molar-refractivity contribution >= 4 is 0 Å². The fourth-order valence-corrected chi connectivity index (χ4v) is 3.56. The second-order valence-electron chi connectivity index (χ2n) is 7.12. The summed E-state index contributed by atoms with van der Waals surface area (Å²) < 4.78 is 0. The molecule has 1 saturated heterocycles. The van der Waals surface area contributed by atoms with Crippen LogP contribution in [-0.2, 0) is 0 Å². The van der Waals surface area contributed by atoms with E-state index >= 15 is 0 Å². The Morgan fingerprint density at radius 3 is 2.50 bits per heavy atom. The van der Waals surface area contributed by atoms with Crippen LogP contribution < -0.4 is 5.32 Å². The Bertz CT molecular complexity index is 251. The first-order valence-corrected chi connectivity index (χ1v) is 8.03. The van der Waals surface area contributed by atoms with E-state index in [4.69, 9.17) is 0 Å². The van der Waals surface area contributed by atoms with E-state index in [-0.39, 0.29) is 0 Å². The molecule has 1 aliphatic heterocycles. The molecule has 0 aromatic carbocycles. The fraction of sp³-hybridized carbons (Fsp3) is 1.00. The first-order valence-electron chi connectivity index (χ1n) is 8.03. The molecule has 2 nitrogen and oxygen atoms in total. The van der Waals surface area contributed by atoms with Crippen molar-refractivity contribution in [3.63, 3.8) is 0 Å². The Morgan fingerprint density at radius 2 is 1.89 bits per heavy atom. The summed E-state index contributed by atoms with van der Waals surface area (Å²) in [5.41, 5.74) is 0. The highest BCUT2D eigenvalue weighted by Gasteiger charge is 2.27.